The number of carbonyl (C=O) groups is 1. The second-order valence-electron chi connectivity index (χ2n) is 4.86. The van der Waals surface area contributed by atoms with E-state index in [-0.39, 0.29) is 11.3 Å². The number of amides is 1. The van der Waals surface area contributed by atoms with Crippen LogP contribution in [0, 0.1) is 0 Å². The first-order valence-electron chi connectivity index (χ1n) is 6.98. The molecule has 1 aliphatic rings. The van der Waals surface area contributed by atoms with E-state index in [2.05, 4.69) is 10.1 Å². The minimum atomic E-state index is -4.85. The van der Waals surface area contributed by atoms with E-state index in [9.17, 15) is 18.0 Å². The van der Waals surface area contributed by atoms with Gasteiger partial charge in [0.15, 0.2) is 17.2 Å². The summed E-state index contributed by atoms with van der Waals surface area (Å²) in [6.07, 6.45) is -4.85. The predicted molar refractivity (Wildman–Crippen MR) is 78.5 cm³/mol. The van der Waals surface area contributed by atoms with Gasteiger partial charge in [0.2, 0.25) is 0 Å². The zero-order chi connectivity index (χ0) is 17.2. The van der Waals surface area contributed by atoms with Crippen molar-refractivity contribution in [2.24, 2.45) is 0 Å². The highest BCUT2D eigenvalue weighted by Crippen LogP contribution is 2.32. The number of hydrogen-bond acceptors (Lipinski definition) is 4. The molecule has 5 nitrogen and oxygen atoms in total. The minimum Gasteiger partial charge on any atom is -0.486 e. The first-order valence-corrected chi connectivity index (χ1v) is 6.98. The Labute approximate surface area is 134 Å². The number of halogens is 3. The van der Waals surface area contributed by atoms with Crippen molar-refractivity contribution in [3.8, 4) is 17.2 Å². The molecule has 24 heavy (non-hydrogen) atoms. The van der Waals surface area contributed by atoms with Crippen molar-refractivity contribution in [3.63, 3.8) is 0 Å². The maximum Gasteiger partial charge on any atom is 0.573 e. The summed E-state index contributed by atoms with van der Waals surface area (Å²) in [5, 5.41) is 2.40. The Bertz CT molecular complexity index is 761. The normalized spacial score (nSPS) is 13.3. The summed E-state index contributed by atoms with van der Waals surface area (Å²) in [4.78, 5) is 12.3. The van der Waals surface area contributed by atoms with Gasteiger partial charge in [-0.25, -0.2) is 0 Å². The van der Waals surface area contributed by atoms with E-state index >= 15 is 0 Å². The SMILES string of the molecule is O=C(Nc1ccccc1OC(F)(F)F)c1ccc2c(c1)OCCO2. The number of para-hydroxylation sites is 2. The molecule has 0 aliphatic carbocycles. The van der Waals surface area contributed by atoms with Crippen LogP contribution in [-0.4, -0.2) is 25.5 Å². The predicted octanol–water partition coefficient (Wildman–Crippen LogP) is 3.61. The lowest BCUT2D eigenvalue weighted by atomic mass is 10.1. The fraction of sp³-hybridized carbons (Fsp3) is 0.188. The molecule has 2 aromatic rings. The van der Waals surface area contributed by atoms with Crippen LogP contribution >= 0.6 is 0 Å². The lowest BCUT2D eigenvalue weighted by molar-refractivity contribution is -0.274. The molecule has 126 valence electrons. The quantitative estimate of drug-likeness (QED) is 0.928. The Kier molecular flexibility index (Phi) is 4.20. The number of hydrogen-bond donors (Lipinski definition) is 1. The molecular weight excluding hydrogens is 327 g/mol. The topological polar surface area (TPSA) is 56.8 Å². The molecule has 8 heteroatoms. The van der Waals surface area contributed by atoms with Crippen LogP contribution in [0.1, 0.15) is 10.4 Å². The Morgan fingerprint density at radius 3 is 2.50 bits per heavy atom. The number of fused-ring (bicyclic) bond motifs is 1. The van der Waals surface area contributed by atoms with E-state index in [1.54, 1.807) is 6.07 Å². The molecule has 0 bridgehead atoms. The molecule has 0 spiro atoms. The summed E-state index contributed by atoms with van der Waals surface area (Å²) in [5.41, 5.74) is 0.135. The number of benzene rings is 2. The van der Waals surface area contributed by atoms with Crippen LogP contribution < -0.4 is 19.5 Å². The monoisotopic (exact) mass is 339 g/mol. The molecule has 0 saturated carbocycles. The van der Waals surface area contributed by atoms with Crippen LogP contribution in [0.4, 0.5) is 18.9 Å². The van der Waals surface area contributed by atoms with Crippen molar-refractivity contribution in [1.29, 1.82) is 0 Å². The summed E-state index contributed by atoms with van der Waals surface area (Å²) in [7, 11) is 0. The molecule has 1 aliphatic heterocycles. The highest BCUT2D eigenvalue weighted by atomic mass is 19.4. The minimum absolute atomic E-state index is 0.0882. The molecule has 0 unspecified atom stereocenters. The van der Waals surface area contributed by atoms with E-state index in [1.165, 1.54) is 30.3 Å². The number of ether oxygens (including phenoxy) is 3. The lowest BCUT2D eigenvalue weighted by Gasteiger charge is -2.19. The maximum atomic E-state index is 12.4. The number of carbonyl (C=O) groups excluding carboxylic acids is 1. The van der Waals surface area contributed by atoms with Crippen molar-refractivity contribution in [3.05, 3.63) is 48.0 Å². The number of alkyl halides is 3. The van der Waals surface area contributed by atoms with Gasteiger partial charge in [-0.15, -0.1) is 13.2 Å². The second kappa shape index (κ2) is 6.31. The third-order valence-corrected chi connectivity index (χ3v) is 3.17. The largest absolute Gasteiger partial charge is 0.573 e. The van der Waals surface area contributed by atoms with E-state index < -0.39 is 18.0 Å². The molecule has 1 amide bonds. The van der Waals surface area contributed by atoms with Crippen LogP contribution in [0.5, 0.6) is 17.2 Å². The van der Waals surface area contributed by atoms with Crippen molar-refractivity contribution in [2.45, 2.75) is 6.36 Å². The highest BCUT2D eigenvalue weighted by molar-refractivity contribution is 6.05. The van der Waals surface area contributed by atoms with Gasteiger partial charge < -0.3 is 19.5 Å². The van der Waals surface area contributed by atoms with Gasteiger partial charge >= 0.3 is 6.36 Å². The van der Waals surface area contributed by atoms with Crippen molar-refractivity contribution >= 4 is 11.6 Å². The second-order valence-corrected chi connectivity index (χ2v) is 4.86. The van der Waals surface area contributed by atoms with Crippen LogP contribution in [0.3, 0.4) is 0 Å². The van der Waals surface area contributed by atoms with Gasteiger partial charge in [-0.3, -0.25) is 4.79 Å². The van der Waals surface area contributed by atoms with Gasteiger partial charge in [0.1, 0.15) is 13.2 Å². The maximum absolute atomic E-state index is 12.4. The zero-order valence-electron chi connectivity index (χ0n) is 12.2. The molecule has 3 rings (SSSR count). The Hall–Kier alpha value is -2.90. The van der Waals surface area contributed by atoms with Crippen LogP contribution in [0.2, 0.25) is 0 Å². The van der Waals surface area contributed by atoms with Gasteiger partial charge in [0, 0.05) is 5.56 Å². The molecule has 0 radical (unpaired) electrons. The third kappa shape index (κ3) is 3.70. The van der Waals surface area contributed by atoms with Gasteiger partial charge in [-0.2, -0.15) is 0 Å². The van der Waals surface area contributed by atoms with Crippen molar-refractivity contribution < 1.29 is 32.2 Å². The Morgan fingerprint density at radius 1 is 1.04 bits per heavy atom. The first kappa shape index (κ1) is 16.0. The van der Waals surface area contributed by atoms with Crippen molar-refractivity contribution in [2.75, 3.05) is 18.5 Å². The van der Waals surface area contributed by atoms with Gasteiger partial charge in [-0.05, 0) is 30.3 Å². The smallest absolute Gasteiger partial charge is 0.486 e. The summed E-state index contributed by atoms with van der Waals surface area (Å²) >= 11 is 0. The molecule has 0 atom stereocenters. The van der Waals surface area contributed by atoms with Crippen LogP contribution in [-0.2, 0) is 0 Å². The fourth-order valence-corrected chi connectivity index (χ4v) is 2.16. The first-order chi connectivity index (χ1) is 11.4. The summed E-state index contributed by atoms with van der Waals surface area (Å²) < 4.78 is 51.8. The number of nitrogens with one attached hydrogen (secondary N) is 1. The molecule has 0 fully saturated rings. The average Bonchev–Trinajstić information content (AvgIpc) is 2.55. The standard InChI is InChI=1S/C16H12F3NO4/c17-16(18,19)24-12-4-2-1-3-11(12)20-15(21)10-5-6-13-14(9-10)23-8-7-22-13/h1-6,9H,7-8H2,(H,20,21). The van der Waals surface area contributed by atoms with E-state index in [1.807, 2.05) is 0 Å². The molecule has 2 aromatic carbocycles. The van der Waals surface area contributed by atoms with E-state index in [4.69, 9.17) is 9.47 Å². The Morgan fingerprint density at radius 2 is 1.75 bits per heavy atom. The molecule has 0 aromatic heterocycles. The van der Waals surface area contributed by atoms with Gasteiger partial charge in [0.25, 0.3) is 5.91 Å². The summed E-state index contributed by atoms with van der Waals surface area (Å²) in [6, 6.07) is 9.84. The lowest BCUT2D eigenvalue weighted by Crippen LogP contribution is -2.20. The Balaban J connectivity index is 1.80. The number of rotatable bonds is 3. The van der Waals surface area contributed by atoms with Crippen LogP contribution in [0.25, 0.3) is 0 Å². The number of anilines is 1. The molecule has 1 heterocycles. The third-order valence-electron chi connectivity index (χ3n) is 3.17. The van der Waals surface area contributed by atoms with Gasteiger partial charge in [0.05, 0.1) is 5.69 Å². The molecule has 1 N–H and O–H groups in total. The zero-order valence-corrected chi connectivity index (χ0v) is 12.2. The van der Waals surface area contributed by atoms with E-state index in [0.717, 1.165) is 6.07 Å². The highest BCUT2D eigenvalue weighted by Gasteiger charge is 2.32. The molecule has 0 saturated heterocycles. The fourth-order valence-electron chi connectivity index (χ4n) is 2.16. The van der Waals surface area contributed by atoms with E-state index in [0.29, 0.717) is 24.7 Å². The summed E-state index contributed by atoms with van der Waals surface area (Å²) in [5.74, 6) is -0.159. The van der Waals surface area contributed by atoms with Crippen LogP contribution in [0.15, 0.2) is 42.5 Å². The summed E-state index contributed by atoms with van der Waals surface area (Å²) in [6.45, 7) is 0.779. The molecular formula is C16H12F3NO4. The average molecular weight is 339 g/mol. The van der Waals surface area contributed by atoms with Gasteiger partial charge in [-0.1, -0.05) is 12.1 Å². The van der Waals surface area contributed by atoms with Crippen molar-refractivity contribution in [1.82, 2.24) is 0 Å².